The van der Waals surface area contributed by atoms with Crippen molar-refractivity contribution >= 4 is 16.9 Å². The van der Waals surface area contributed by atoms with Crippen LogP contribution >= 0.6 is 0 Å². The lowest BCUT2D eigenvalue weighted by atomic mass is 10.00. The summed E-state index contributed by atoms with van der Waals surface area (Å²) in [5.41, 5.74) is 4.06. The minimum Gasteiger partial charge on any atom is -0.489 e. The molecular formula is C26H23FN4O2. The van der Waals surface area contributed by atoms with E-state index in [1.807, 2.05) is 18.2 Å². The Labute approximate surface area is 190 Å². The maximum atomic E-state index is 14.9. The summed E-state index contributed by atoms with van der Waals surface area (Å²) in [6.07, 6.45) is 8.15. The molecule has 166 valence electrons. The molecule has 33 heavy (non-hydrogen) atoms. The molecule has 1 aromatic carbocycles. The number of benzene rings is 1. The van der Waals surface area contributed by atoms with Crippen molar-refractivity contribution in [1.29, 1.82) is 0 Å². The van der Waals surface area contributed by atoms with Gasteiger partial charge in [-0.15, -0.1) is 0 Å². The Bertz CT molecular complexity index is 1330. The van der Waals surface area contributed by atoms with Gasteiger partial charge in [0.25, 0.3) is 0 Å². The fraction of sp³-hybridized carbons (Fsp3) is 0.192. The van der Waals surface area contributed by atoms with Gasteiger partial charge in [-0.25, -0.2) is 4.39 Å². The molecule has 1 amide bonds. The Hall–Kier alpha value is -4.00. The van der Waals surface area contributed by atoms with Crippen LogP contribution in [0.25, 0.3) is 33.4 Å². The number of halogens is 1. The fourth-order valence-corrected chi connectivity index (χ4v) is 4.45. The van der Waals surface area contributed by atoms with Crippen LogP contribution in [-0.2, 0) is 4.79 Å². The number of aromatic amines is 1. The monoisotopic (exact) mass is 442 g/mol. The molecule has 0 saturated carbocycles. The normalized spacial score (nSPS) is 15.7. The van der Waals surface area contributed by atoms with Crippen LogP contribution in [0, 0.1) is 5.82 Å². The average Bonchev–Trinajstić information content (AvgIpc) is 3.47. The second kappa shape index (κ2) is 8.86. The van der Waals surface area contributed by atoms with Gasteiger partial charge in [0.1, 0.15) is 18.2 Å². The number of hydrogen-bond acceptors (Lipinski definition) is 4. The van der Waals surface area contributed by atoms with Gasteiger partial charge in [-0.3, -0.25) is 14.8 Å². The lowest BCUT2D eigenvalue weighted by molar-refractivity contribution is -0.127. The van der Waals surface area contributed by atoms with Gasteiger partial charge in [-0.1, -0.05) is 24.8 Å². The first kappa shape index (κ1) is 20.9. The number of carbonyl (C=O) groups is 1. The van der Waals surface area contributed by atoms with Gasteiger partial charge < -0.3 is 14.6 Å². The van der Waals surface area contributed by atoms with Gasteiger partial charge in [0.15, 0.2) is 0 Å². The highest BCUT2D eigenvalue weighted by Crippen LogP contribution is 2.41. The van der Waals surface area contributed by atoms with Crippen molar-refractivity contribution in [3.05, 3.63) is 79.5 Å². The van der Waals surface area contributed by atoms with Crippen molar-refractivity contribution < 1.29 is 13.9 Å². The number of amides is 1. The number of nitrogens with zero attached hydrogens (tertiary/aromatic N) is 3. The lowest BCUT2D eigenvalue weighted by Crippen LogP contribution is -2.38. The number of hydrogen-bond donors (Lipinski definition) is 1. The molecule has 0 spiro atoms. The van der Waals surface area contributed by atoms with Gasteiger partial charge in [0.05, 0.1) is 29.0 Å². The van der Waals surface area contributed by atoms with E-state index in [1.165, 1.54) is 12.1 Å². The molecule has 3 aromatic heterocycles. The average molecular weight is 442 g/mol. The molecule has 1 fully saturated rings. The van der Waals surface area contributed by atoms with E-state index in [9.17, 15) is 9.18 Å². The van der Waals surface area contributed by atoms with Gasteiger partial charge in [-0.2, -0.15) is 0 Å². The fourth-order valence-electron chi connectivity index (χ4n) is 4.45. The summed E-state index contributed by atoms with van der Waals surface area (Å²) >= 11 is 0. The Morgan fingerprint density at radius 2 is 2.09 bits per heavy atom. The zero-order valence-electron chi connectivity index (χ0n) is 18.0. The third kappa shape index (κ3) is 3.86. The minimum absolute atomic E-state index is 0.0287. The van der Waals surface area contributed by atoms with Crippen LogP contribution in [0.3, 0.4) is 0 Å². The van der Waals surface area contributed by atoms with Crippen molar-refractivity contribution in [2.24, 2.45) is 0 Å². The van der Waals surface area contributed by atoms with E-state index in [2.05, 4.69) is 21.5 Å². The van der Waals surface area contributed by atoms with Crippen LogP contribution in [0.2, 0.25) is 0 Å². The third-order valence-corrected chi connectivity index (χ3v) is 6.02. The number of aromatic nitrogens is 3. The van der Waals surface area contributed by atoms with E-state index in [1.54, 1.807) is 41.7 Å². The maximum absolute atomic E-state index is 14.9. The van der Waals surface area contributed by atoms with Gasteiger partial charge in [0.2, 0.25) is 5.91 Å². The number of H-pyrrole nitrogens is 1. The van der Waals surface area contributed by atoms with Crippen molar-refractivity contribution in [3.8, 4) is 28.1 Å². The molecule has 5 rings (SSSR count). The predicted octanol–water partition coefficient (Wildman–Crippen LogP) is 4.99. The van der Waals surface area contributed by atoms with Crippen LogP contribution in [0.4, 0.5) is 4.39 Å². The van der Waals surface area contributed by atoms with E-state index in [4.69, 9.17) is 4.74 Å². The van der Waals surface area contributed by atoms with E-state index in [-0.39, 0.29) is 17.8 Å². The molecule has 4 heterocycles. The van der Waals surface area contributed by atoms with Crippen LogP contribution in [0.1, 0.15) is 12.8 Å². The first-order valence-electron chi connectivity index (χ1n) is 10.9. The van der Waals surface area contributed by atoms with E-state index < -0.39 is 0 Å². The van der Waals surface area contributed by atoms with Crippen molar-refractivity contribution in [3.63, 3.8) is 0 Å². The van der Waals surface area contributed by atoms with Gasteiger partial charge in [-0.05, 0) is 43.2 Å². The molecule has 6 nitrogen and oxygen atoms in total. The Kier molecular flexibility index (Phi) is 5.60. The molecule has 1 saturated heterocycles. The number of rotatable bonds is 6. The first-order chi connectivity index (χ1) is 16.2. The summed E-state index contributed by atoms with van der Waals surface area (Å²) in [6.45, 7) is 4.63. The van der Waals surface area contributed by atoms with Crippen molar-refractivity contribution in [2.45, 2.75) is 18.9 Å². The molecule has 1 N–H and O–H groups in total. The summed E-state index contributed by atoms with van der Waals surface area (Å²) in [5, 5.41) is 0. The first-order valence-corrected chi connectivity index (χ1v) is 10.9. The second-order valence-electron chi connectivity index (χ2n) is 7.97. The summed E-state index contributed by atoms with van der Waals surface area (Å²) in [4.78, 5) is 26.1. The van der Waals surface area contributed by atoms with Crippen molar-refractivity contribution in [2.75, 3.05) is 13.2 Å². The van der Waals surface area contributed by atoms with Crippen LogP contribution in [-0.4, -0.2) is 45.0 Å². The zero-order chi connectivity index (χ0) is 22.8. The van der Waals surface area contributed by atoms with Crippen LogP contribution in [0.15, 0.2) is 73.7 Å². The topological polar surface area (TPSA) is 71.1 Å². The molecule has 4 aromatic rings. The van der Waals surface area contributed by atoms with Crippen molar-refractivity contribution in [1.82, 2.24) is 19.9 Å². The molecule has 0 unspecified atom stereocenters. The van der Waals surface area contributed by atoms with E-state index >= 15 is 0 Å². The summed E-state index contributed by atoms with van der Waals surface area (Å²) in [5.74, 6) is 0.141. The molecule has 1 aliphatic rings. The highest BCUT2D eigenvalue weighted by molar-refractivity contribution is 6.02. The quantitative estimate of drug-likeness (QED) is 0.427. The lowest BCUT2D eigenvalue weighted by Gasteiger charge is -2.24. The molecule has 7 heteroatoms. The standard InChI is InChI=1S/C26H23FN4O2/c1-2-23(32)31-14-6-7-17(31)16-33-22-15-28-13-11-19(22)25-24(18-8-3-4-9-20(18)27)26-21(30-25)10-5-12-29-26/h2-5,8-13,15,17,30H,1,6-7,14,16H2/t17-/m0/s1. The number of nitrogens with one attached hydrogen (secondary N) is 1. The van der Waals surface area contributed by atoms with Gasteiger partial charge >= 0.3 is 0 Å². The zero-order valence-corrected chi connectivity index (χ0v) is 18.0. The van der Waals surface area contributed by atoms with Crippen LogP contribution < -0.4 is 4.74 Å². The molecule has 1 atom stereocenters. The summed E-state index contributed by atoms with van der Waals surface area (Å²) < 4.78 is 21.0. The Morgan fingerprint density at radius 3 is 2.94 bits per heavy atom. The highest BCUT2D eigenvalue weighted by atomic mass is 19.1. The number of ether oxygens (including phenoxy) is 1. The largest absolute Gasteiger partial charge is 0.489 e. The number of carbonyl (C=O) groups excluding carboxylic acids is 1. The summed E-state index contributed by atoms with van der Waals surface area (Å²) in [7, 11) is 0. The molecule has 0 radical (unpaired) electrons. The molecular weight excluding hydrogens is 419 g/mol. The summed E-state index contributed by atoms with van der Waals surface area (Å²) in [6, 6.07) is 12.2. The number of likely N-dealkylation sites (tertiary alicyclic amines) is 1. The van der Waals surface area contributed by atoms with Crippen LogP contribution in [0.5, 0.6) is 5.75 Å². The van der Waals surface area contributed by atoms with E-state index in [0.717, 1.165) is 23.9 Å². The Balaban J connectivity index is 1.56. The van der Waals surface area contributed by atoms with E-state index in [0.29, 0.717) is 41.2 Å². The SMILES string of the molecule is C=CC(=O)N1CCC[C@H]1COc1cnccc1-c1[nH]c2cccnc2c1-c1ccccc1F. The molecule has 1 aliphatic heterocycles. The predicted molar refractivity (Wildman–Crippen MR) is 125 cm³/mol. The smallest absolute Gasteiger partial charge is 0.246 e. The minimum atomic E-state index is -0.327. The van der Waals surface area contributed by atoms with Gasteiger partial charge in [0, 0.05) is 35.6 Å². The molecule has 0 aliphatic carbocycles. The number of pyridine rings is 2. The molecule has 0 bridgehead atoms. The highest BCUT2D eigenvalue weighted by Gasteiger charge is 2.28. The number of fused-ring (bicyclic) bond motifs is 1. The Morgan fingerprint density at radius 1 is 1.21 bits per heavy atom. The third-order valence-electron chi connectivity index (χ3n) is 6.02. The maximum Gasteiger partial charge on any atom is 0.246 e. The second-order valence-corrected chi connectivity index (χ2v) is 7.97.